The Balaban J connectivity index is 2.18. The minimum absolute atomic E-state index is 0.115. The number of benzene rings is 1. The fourth-order valence-corrected chi connectivity index (χ4v) is 4.11. The molecule has 0 saturated carbocycles. The van der Waals surface area contributed by atoms with E-state index in [1.54, 1.807) is 12.1 Å². The van der Waals surface area contributed by atoms with E-state index >= 15 is 0 Å². The molecule has 1 aromatic rings. The van der Waals surface area contributed by atoms with Crippen LogP contribution in [0.4, 0.5) is 5.69 Å². The molecule has 0 bridgehead atoms. The minimum Gasteiger partial charge on any atom is -0.495 e. The van der Waals surface area contributed by atoms with Crippen LogP contribution in [0, 0.1) is 5.92 Å². The average Bonchev–Trinajstić information content (AvgIpc) is 2.67. The number of rotatable bonds is 6. The second kappa shape index (κ2) is 8.68. The number of methoxy groups -OCH3 is 1. The van der Waals surface area contributed by atoms with Crippen molar-refractivity contribution in [1.82, 2.24) is 13.9 Å². The van der Waals surface area contributed by atoms with E-state index in [0.29, 0.717) is 36.4 Å². The van der Waals surface area contributed by atoms with E-state index in [2.05, 4.69) is 10.6 Å². The standard InChI is InChI=1S/C17H26N4O5S/c1-18-16(22)12-7-8-15(26-4)14(10-12)19-17(23)13-6-5-9-21(11-13)27(24,25)20(2)3/h7-8,10,13H,5-6,9,11H2,1-4H3,(H,18,22)(H,19,23)/t13-/m1/s1. The number of carbonyl (C=O) groups is 2. The van der Waals surface area contributed by atoms with Crippen molar-refractivity contribution in [3.8, 4) is 5.75 Å². The molecule has 0 aliphatic carbocycles. The highest BCUT2D eigenvalue weighted by atomic mass is 32.2. The summed E-state index contributed by atoms with van der Waals surface area (Å²) in [6, 6.07) is 4.73. The van der Waals surface area contributed by atoms with Gasteiger partial charge in [-0.05, 0) is 31.0 Å². The first kappa shape index (κ1) is 21.1. The first-order valence-corrected chi connectivity index (χ1v) is 9.99. The van der Waals surface area contributed by atoms with Crippen molar-refractivity contribution in [1.29, 1.82) is 0 Å². The fraction of sp³-hybridized carbons (Fsp3) is 0.529. The number of hydrogen-bond donors (Lipinski definition) is 2. The van der Waals surface area contributed by atoms with Gasteiger partial charge in [-0.15, -0.1) is 0 Å². The van der Waals surface area contributed by atoms with Crippen molar-refractivity contribution in [2.75, 3.05) is 46.7 Å². The molecule has 27 heavy (non-hydrogen) atoms. The predicted molar refractivity (Wildman–Crippen MR) is 102 cm³/mol. The van der Waals surface area contributed by atoms with Gasteiger partial charge in [0.25, 0.3) is 16.1 Å². The third kappa shape index (κ3) is 4.76. The van der Waals surface area contributed by atoms with Gasteiger partial charge in [0.1, 0.15) is 5.75 Å². The lowest BCUT2D eigenvalue weighted by Crippen LogP contribution is -2.47. The molecule has 150 valence electrons. The van der Waals surface area contributed by atoms with Gasteiger partial charge >= 0.3 is 0 Å². The van der Waals surface area contributed by atoms with Gasteiger partial charge < -0.3 is 15.4 Å². The Kier molecular flexibility index (Phi) is 6.79. The molecule has 2 N–H and O–H groups in total. The summed E-state index contributed by atoms with van der Waals surface area (Å²) in [5, 5.41) is 5.30. The molecule has 1 atom stereocenters. The van der Waals surface area contributed by atoms with Crippen LogP contribution in [0.15, 0.2) is 18.2 Å². The zero-order valence-electron chi connectivity index (χ0n) is 16.0. The lowest BCUT2D eigenvalue weighted by atomic mass is 9.98. The Morgan fingerprint density at radius 3 is 2.59 bits per heavy atom. The van der Waals surface area contributed by atoms with Crippen LogP contribution in [0.25, 0.3) is 0 Å². The molecule has 2 rings (SSSR count). The van der Waals surface area contributed by atoms with E-state index in [1.165, 1.54) is 38.6 Å². The third-order valence-corrected chi connectivity index (χ3v) is 6.40. The van der Waals surface area contributed by atoms with Gasteiger partial charge in [-0.3, -0.25) is 9.59 Å². The molecule has 0 unspecified atom stereocenters. The highest BCUT2D eigenvalue weighted by Crippen LogP contribution is 2.28. The van der Waals surface area contributed by atoms with Crippen LogP contribution in [-0.2, 0) is 15.0 Å². The monoisotopic (exact) mass is 398 g/mol. The molecule has 10 heteroatoms. The van der Waals surface area contributed by atoms with Crippen molar-refractivity contribution in [2.45, 2.75) is 12.8 Å². The van der Waals surface area contributed by atoms with Crippen LogP contribution in [0.5, 0.6) is 5.75 Å². The smallest absolute Gasteiger partial charge is 0.281 e. The first-order valence-electron chi connectivity index (χ1n) is 8.59. The molecule has 1 heterocycles. The van der Waals surface area contributed by atoms with Crippen molar-refractivity contribution in [3.05, 3.63) is 23.8 Å². The van der Waals surface area contributed by atoms with Crippen LogP contribution in [0.3, 0.4) is 0 Å². The maximum Gasteiger partial charge on any atom is 0.281 e. The topological polar surface area (TPSA) is 108 Å². The molecule has 0 aromatic heterocycles. The van der Waals surface area contributed by atoms with Gasteiger partial charge in [-0.1, -0.05) is 0 Å². The van der Waals surface area contributed by atoms with Crippen LogP contribution >= 0.6 is 0 Å². The molecular weight excluding hydrogens is 372 g/mol. The molecule has 1 aliphatic rings. The van der Waals surface area contributed by atoms with E-state index in [-0.39, 0.29) is 18.4 Å². The quantitative estimate of drug-likeness (QED) is 0.726. The fourth-order valence-electron chi connectivity index (χ4n) is 2.92. The number of anilines is 1. The summed E-state index contributed by atoms with van der Waals surface area (Å²) < 4.78 is 32.4. The number of piperidine rings is 1. The number of carbonyl (C=O) groups excluding carboxylic acids is 2. The Morgan fingerprint density at radius 1 is 1.30 bits per heavy atom. The maximum atomic E-state index is 12.7. The average molecular weight is 398 g/mol. The van der Waals surface area contributed by atoms with Crippen LogP contribution < -0.4 is 15.4 Å². The largest absolute Gasteiger partial charge is 0.495 e. The van der Waals surface area contributed by atoms with Crippen molar-refractivity contribution in [3.63, 3.8) is 0 Å². The van der Waals surface area contributed by atoms with Gasteiger partial charge in [0.2, 0.25) is 5.91 Å². The first-order chi connectivity index (χ1) is 12.7. The van der Waals surface area contributed by atoms with Crippen LogP contribution in [0.1, 0.15) is 23.2 Å². The van der Waals surface area contributed by atoms with Gasteiger partial charge in [0, 0.05) is 39.8 Å². The maximum absolute atomic E-state index is 12.7. The molecule has 2 amide bonds. The van der Waals surface area contributed by atoms with E-state index in [0.717, 1.165) is 4.31 Å². The number of nitrogens with zero attached hydrogens (tertiary/aromatic N) is 2. The van der Waals surface area contributed by atoms with Crippen molar-refractivity contribution < 1.29 is 22.7 Å². The Hall–Kier alpha value is -2.17. The summed E-state index contributed by atoms with van der Waals surface area (Å²) in [5.74, 6) is -0.651. The van der Waals surface area contributed by atoms with Crippen LogP contribution in [0.2, 0.25) is 0 Å². The molecule has 0 radical (unpaired) electrons. The molecular formula is C17H26N4O5S. The summed E-state index contributed by atoms with van der Waals surface area (Å²) in [7, 11) is 2.36. The predicted octanol–water partition coefficient (Wildman–Crippen LogP) is 0.512. The lowest BCUT2D eigenvalue weighted by Gasteiger charge is -2.32. The van der Waals surface area contributed by atoms with Gasteiger partial charge in [-0.25, -0.2) is 0 Å². The summed E-state index contributed by atoms with van der Waals surface area (Å²) in [6.07, 6.45) is 1.18. The Morgan fingerprint density at radius 2 is 2.00 bits per heavy atom. The molecule has 1 fully saturated rings. The van der Waals surface area contributed by atoms with Crippen molar-refractivity contribution in [2.24, 2.45) is 5.92 Å². The van der Waals surface area contributed by atoms with Gasteiger partial charge in [0.15, 0.2) is 0 Å². The summed E-state index contributed by atoms with van der Waals surface area (Å²) >= 11 is 0. The Bertz CT molecular complexity index is 810. The normalized spacial score (nSPS) is 18.2. The molecule has 9 nitrogen and oxygen atoms in total. The van der Waals surface area contributed by atoms with E-state index in [9.17, 15) is 18.0 Å². The van der Waals surface area contributed by atoms with Gasteiger partial charge in [-0.2, -0.15) is 17.0 Å². The number of ether oxygens (including phenoxy) is 1. The van der Waals surface area contributed by atoms with E-state index in [1.807, 2.05) is 0 Å². The third-order valence-electron chi connectivity index (χ3n) is 4.49. The summed E-state index contributed by atoms with van der Waals surface area (Å²) in [6.45, 7) is 0.504. The van der Waals surface area contributed by atoms with E-state index in [4.69, 9.17) is 4.74 Å². The summed E-state index contributed by atoms with van der Waals surface area (Å²) in [4.78, 5) is 24.6. The van der Waals surface area contributed by atoms with E-state index < -0.39 is 16.1 Å². The molecule has 1 aromatic carbocycles. The highest BCUT2D eigenvalue weighted by Gasteiger charge is 2.33. The van der Waals surface area contributed by atoms with Crippen molar-refractivity contribution >= 4 is 27.7 Å². The second-order valence-corrected chi connectivity index (χ2v) is 8.61. The SMILES string of the molecule is CNC(=O)c1ccc(OC)c(NC(=O)[C@@H]2CCCN(S(=O)(=O)N(C)C)C2)c1. The zero-order chi connectivity index (χ0) is 20.2. The van der Waals surface area contributed by atoms with Gasteiger partial charge in [0.05, 0.1) is 18.7 Å². The molecule has 0 spiro atoms. The Labute approximate surface area is 159 Å². The minimum atomic E-state index is -3.56. The number of amides is 2. The zero-order valence-corrected chi connectivity index (χ0v) is 16.8. The second-order valence-electron chi connectivity index (χ2n) is 6.47. The number of nitrogens with one attached hydrogen (secondary N) is 2. The molecule has 1 saturated heterocycles. The highest BCUT2D eigenvalue weighted by molar-refractivity contribution is 7.86. The number of hydrogen-bond acceptors (Lipinski definition) is 5. The lowest BCUT2D eigenvalue weighted by molar-refractivity contribution is -0.120. The molecule has 1 aliphatic heterocycles. The van der Waals surface area contributed by atoms with Crippen LogP contribution in [-0.4, -0.2) is 70.2 Å². The summed E-state index contributed by atoms with van der Waals surface area (Å²) in [5.41, 5.74) is 0.755.